The minimum absolute atomic E-state index is 0.00438. The van der Waals surface area contributed by atoms with Crippen LogP contribution in [0, 0.1) is 0 Å². The van der Waals surface area contributed by atoms with Gasteiger partial charge in [-0.3, -0.25) is 0 Å². The summed E-state index contributed by atoms with van der Waals surface area (Å²) in [5, 5.41) is 19.7. The number of ether oxygens (including phenoxy) is 1. The van der Waals surface area contributed by atoms with Crippen LogP contribution in [0.25, 0.3) is 11.1 Å². The second-order valence-electron chi connectivity index (χ2n) is 7.80. The van der Waals surface area contributed by atoms with Crippen LogP contribution in [-0.2, 0) is 0 Å². The normalized spacial score (nSPS) is 25.5. The van der Waals surface area contributed by atoms with Gasteiger partial charge in [0.1, 0.15) is 23.4 Å². The van der Waals surface area contributed by atoms with Crippen molar-refractivity contribution in [3.63, 3.8) is 0 Å². The molecule has 3 aromatic rings. The lowest BCUT2D eigenvalue weighted by molar-refractivity contribution is 0.191. The van der Waals surface area contributed by atoms with Crippen LogP contribution in [0.4, 0.5) is 0 Å². The summed E-state index contributed by atoms with van der Waals surface area (Å²) in [6, 6.07) is 12.7. The molecule has 4 nitrogen and oxygen atoms in total. The molecule has 33 heavy (non-hydrogen) atoms. The van der Waals surface area contributed by atoms with E-state index in [0.29, 0.717) is 11.1 Å². The highest BCUT2D eigenvalue weighted by Gasteiger charge is 2.30. The van der Waals surface area contributed by atoms with Crippen molar-refractivity contribution >= 4 is 22.9 Å². The molecule has 3 aromatic carbocycles. The highest BCUT2D eigenvalue weighted by molar-refractivity contribution is 8.00. The van der Waals surface area contributed by atoms with Crippen LogP contribution in [0.15, 0.2) is 71.6 Å². The van der Waals surface area contributed by atoms with Gasteiger partial charge in [0.15, 0.2) is 0 Å². The predicted octanol–water partition coefficient (Wildman–Crippen LogP) is 6.35. The third kappa shape index (κ3) is 4.48. The number of fused-ring (bicyclic) bond motifs is 1. The van der Waals surface area contributed by atoms with Gasteiger partial charge in [-0.25, -0.2) is 0 Å². The zero-order valence-electron chi connectivity index (χ0n) is 29.4. The number of thioether (sulfide) groups is 1. The summed E-state index contributed by atoms with van der Waals surface area (Å²) in [5.74, 6) is -0.0785. The lowest BCUT2D eigenvalue weighted by Gasteiger charge is -2.38. The van der Waals surface area contributed by atoms with Crippen molar-refractivity contribution in [1.82, 2.24) is 4.90 Å². The minimum atomic E-state index is -3.18. The fraction of sp³-hybridized carbons (Fsp3) is 0.286. The maximum atomic E-state index is 10.1. The Labute approximate surface area is 216 Å². The van der Waals surface area contributed by atoms with E-state index in [4.69, 9.17) is 21.2 Å². The SMILES string of the molecule is [2H]c1cc(C2Oc3cc(O)ccc3C(C([2H])([2H])[2H])=C2c2ccc(O)cc2)cc([2H])c1SC1CN(C([2H])([2H])C([2H])([2H])C([2H])([2H])[2H])C1. The fourth-order valence-electron chi connectivity index (χ4n) is 3.90. The van der Waals surface area contributed by atoms with Crippen molar-refractivity contribution in [2.75, 3.05) is 19.6 Å². The first-order valence-corrected chi connectivity index (χ1v) is 11.2. The van der Waals surface area contributed by atoms with E-state index in [1.807, 2.05) is 0 Å². The van der Waals surface area contributed by atoms with E-state index < -0.39 is 32.7 Å². The van der Waals surface area contributed by atoms with Gasteiger partial charge in [0.05, 0.1) is 2.74 Å². The van der Waals surface area contributed by atoms with E-state index in [0.717, 1.165) is 16.7 Å². The van der Waals surface area contributed by atoms with E-state index in [1.165, 1.54) is 42.5 Å². The van der Waals surface area contributed by atoms with E-state index >= 15 is 0 Å². The van der Waals surface area contributed by atoms with E-state index in [2.05, 4.69) is 0 Å². The van der Waals surface area contributed by atoms with Crippen LogP contribution in [-0.4, -0.2) is 39.9 Å². The van der Waals surface area contributed by atoms with E-state index in [1.54, 1.807) is 12.1 Å². The lowest BCUT2D eigenvalue weighted by Crippen LogP contribution is -2.48. The van der Waals surface area contributed by atoms with Crippen molar-refractivity contribution in [2.45, 2.75) is 36.3 Å². The first-order valence-electron chi connectivity index (χ1n) is 16.3. The number of phenols is 2. The number of phenolic OH excluding ortho intramolecular Hbond substituents is 2. The molecule has 0 aliphatic carbocycles. The smallest absolute Gasteiger partial charge is 0.150 e. The number of aromatic hydroxyl groups is 2. The fourth-order valence-corrected chi connectivity index (χ4v) is 4.99. The molecule has 1 fully saturated rings. The van der Waals surface area contributed by atoms with Crippen LogP contribution in [0.5, 0.6) is 17.2 Å². The highest BCUT2D eigenvalue weighted by atomic mass is 32.2. The van der Waals surface area contributed by atoms with Crippen LogP contribution < -0.4 is 4.74 Å². The molecule has 1 unspecified atom stereocenters. The number of benzene rings is 3. The second-order valence-corrected chi connectivity index (χ2v) is 9.11. The Hall–Kier alpha value is -2.89. The quantitative estimate of drug-likeness (QED) is 0.439. The summed E-state index contributed by atoms with van der Waals surface area (Å²) in [5.41, 5.74) is 1.17. The van der Waals surface area contributed by atoms with Gasteiger partial charge in [0.2, 0.25) is 0 Å². The van der Waals surface area contributed by atoms with Gasteiger partial charge in [0.25, 0.3) is 0 Å². The molecule has 5 rings (SSSR count). The zero-order chi connectivity index (χ0) is 33.3. The summed E-state index contributed by atoms with van der Waals surface area (Å²) in [7, 11) is 0. The Morgan fingerprint density at radius 3 is 2.58 bits per heavy atom. The van der Waals surface area contributed by atoms with Crippen molar-refractivity contribution in [1.29, 1.82) is 0 Å². The van der Waals surface area contributed by atoms with Gasteiger partial charge in [-0.15, -0.1) is 11.8 Å². The van der Waals surface area contributed by atoms with Gasteiger partial charge in [-0.1, -0.05) is 31.1 Å². The standard InChI is InChI=1S/C28H29NO3S/c1-3-14-29-16-24(17-29)33-23-11-6-20(7-12-23)28-27(19-4-8-21(30)9-5-19)18(2)25-13-10-22(31)15-26(25)32-28/h4-13,15,24,28,30-31H,3,14,16-17H2,1-2H3/i1D3,2D3,3D2,11D,12D,14D2. The third-order valence-electron chi connectivity index (χ3n) is 5.58. The van der Waals surface area contributed by atoms with Crippen LogP contribution in [0.3, 0.4) is 0 Å². The third-order valence-corrected chi connectivity index (χ3v) is 6.68. The van der Waals surface area contributed by atoms with Crippen LogP contribution in [0.2, 0.25) is 0 Å². The molecule has 0 radical (unpaired) electrons. The second kappa shape index (κ2) is 9.16. The van der Waals surface area contributed by atoms with Crippen molar-refractivity contribution in [3.05, 3.63) is 83.4 Å². The monoisotopic (exact) mass is 471 g/mol. The Bertz CT molecular complexity index is 1620. The Balaban J connectivity index is 1.50. The molecule has 0 saturated carbocycles. The number of nitrogens with zero attached hydrogens (tertiary/aromatic N) is 1. The number of hydrogen-bond acceptors (Lipinski definition) is 5. The number of hydrogen-bond donors (Lipinski definition) is 2. The molecule has 1 saturated heterocycles. The zero-order valence-corrected chi connectivity index (χ0v) is 18.2. The maximum Gasteiger partial charge on any atom is 0.150 e. The molecule has 0 amide bonds. The first-order chi connectivity index (χ1) is 20.7. The maximum absolute atomic E-state index is 10.1. The predicted molar refractivity (Wildman–Crippen MR) is 135 cm³/mol. The molecule has 2 aliphatic rings. The summed E-state index contributed by atoms with van der Waals surface area (Å²) in [4.78, 5) is 1.34. The summed E-state index contributed by atoms with van der Waals surface area (Å²) in [6.07, 6.45) is -4.23. The summed E-state index contributed by atoms with van der Waals surface area (Å²) < 4.78 is 103. The van der Waals surface area contributed by atoms with Crippen LogP contribution in [0.1, 0.15) is 59.3 Å². The van der Waals surface area contributed by atoms with Crippen molar-refractivity contribution in [2.24, 2.45) is 0 Å². The molecule has 2 heterocycles. The summed E-state index contributed by atoms with van der Waals surface area (Å²) in [6.45, 7) is -8.60. The number of rotatable bonds is 6. The Kier molecular flexibility index (Phi) is 3.33. The summed E-state index contributed by atoms with van der Waals surface area (Å²) >= 11 is 1.12. The molecule has 2 N–H and O–H groups in total. The topological polar surface area (TPSA) is 52.9 Å². The van der Waals surface area contributed by atoms with Gasteiger partial charge < -0.3 is 19.8 Å². The van der Waals surface area contributed by atoms with Gasteiger partial charge in [-0.05, 0) is 72.8 Å². The first kappa shape index (κ1) is 12.0. The minimum Gasteiger partial charge on any atom is -0.508 e. The molecule has 5 heteroatoms. The number of likely N-dealkylation sites (tertiary alicyclic amines) is 1. The van der Waals surface area contributed by atoms with Gasteiger partial charge >= 0.3 is 0 Å². The van der Waals surface area contributed by atoms with Crippen molar-refractivity contribution in [3.8, 4) is 17.2 Å². The molecule has 2 aliphatic heterocycles. The highest BCUT2D eigenvalue weighted by Crippen LogP contribution is 2.47. The Morgan fingerprint density at radius 2 is 1.85 bits per heavy atom. The van der Waals surface area contributed by atoms with E-state index in [9.17, 15) is 10.2 Å². The molecule has 0 spiro atoms. The molecule has 0 bridgehead atoms. The van der Waals surface area contributed by atoms with Crippen molar-refractivity contribution < 1.29 is 31.4 Å². The molecule has 1 atom stereocenters. The average Bonchev–Trinajstić information content (AvgIpc) is 2.89. The van der Waals surface area contributed by atoms with E-state index in [-0.39, 0.29) is 69.3 Å². The molecule has 0 aromatic heterocycles. The van der Waals surface area contributed by atoms with Crippen LogP contribution >= 0.6 is 11.8 Å². The lowest BCUT2D eigenvalue weighted by atomic mass is 9.86. The largest absolute Gasteiger partial charge is 0.508 e. The van der Waals surface area contributed by atoms with Gasteiger partial charge in [-0.2, -0.15) is 0 Å². The Morgan fingerprint density at radius 1 is 1.09 bits per heavy atom. The molecular weight excluding hydrogens is 430 g/mol. The molecular formula is C28H29NO3S. The molecule has 170 valence electrons. The number of allylic oxidation sites excluding steroid dienone is 1. The van der Waals surface area contributed by atoms with Gasteiger partial charge in [0, 0.05) is 54.1 Å². The average molecular weight is 472 g/mol.